The second-order valence-corrected chi connectivity index (χ2v) is 8.07. The number of carbonyl (C=O) groups is 1. The minimum absolute atomic E-state index is 0.0456. The minimum atomic E-state index is -0.275. The topological polar surface area (TPSA) is 50.8 Å². The zero-order valence-corrected chi connectivity index (χ0v) is 18.2. The van der Waals surface area contributed by atoms with E-state index in [-0.39, 0.29) is 18.0 Å². The molecule has 1 fully saturated rings. The van der Waals surface area contributed by atoms with Crippen LogP contribution >= 0.6 is 11.6 Å². The predicted molar refractivity (Wildman–Crippen MR) is 123 cm³/mol. The summed E-state index contributed by atoms with van der Waals surface area (Å²) in [4.78, 5) is 14.2. The van der Waals surface area contributed by atoms with Gasteiger partial charge in [-0.25, -0.2) is 9.18 Å². The number of piperidine rings is 1. The first-order valence-electron chi connectivity index (χ1n) is 10.5. The molecule has 0 unspecified atom stereocenters. The van der Waals surface area contributed by atoms with E-state index in [1.54, 1.807) is 29.2 Å². The molecule has 7 heteroatoms. The first kappa shape index (κ1) is 22.0. The molecule has 1 heterocycles. The van der Waals surface area contributed by atoms with Gasteiger partial charge in [-0.15, -0.1) is 0 Å². The van der Waals surface area contributed by atoms with E-state index in [2.05, 4.69) is 5.32 Å². The van der Waals surface area contributed by atoms with Gasteiger partial charge >= 0.3 is 6.03 Å². The molecule has 0 bridgehead atoms. The summed E-state index contributed by atoms with van der Waals surface area (Å²) in [5.41, 5.74) is 1.46. The van der Waals surface area contributed by atoms with Crippen LogP contribution in [0.15, 0.2) is 72.8 Å². The van der Waals surface area contributed by atoms with Crippen molar-refractivity contribution in [2.75, 3.05) is 18.4 Å². The van der Waals surface area contributed by atoms with Crippen LogP contribution in [0.25, 0.3) is 0 Å². The number of nitrogens with zero attached hydrogens (tertiary/aromatic N) is 1. The van der Waals surface area contributed by atoms with Crippen LogP contribution in [-0.4, -0.2) is 30.1 Å². The number of benzene rings is 3. The van der Waals surface area contributed by atoms with E-state index in [0.29, 0.717) is 36.2 Å². The summed E-state index contributed by atoms with van der Waals surface area (Å²) < 4.78 is 25.0. The highest BCUT2D eigenvalue weighted by Crippen LogP contribution is 2.23. The van der Waals surface area contributed by atoms with Crippen LogP contribution in [0.3, 0.4) is 0 Å². The zero-order valence-electron chi connectivity index (χ0n) is 17.5. The predicted octanol–water partition coefficient (Wildman–Crippen LogP) is 6.13. The molecule has 0 atom stereocenters. The van der Waals surface area contributed by atoms with Crippen LogP contribution in [0.5, 0.6) is 11.5 Å². The van der Waals surface area contributed by atoms with Gasteiger partial charge in [-0.1, -0.05) is 29.8 Å². The second kappa shape index (κ2) is 10.4. The Bertz CT molecular complexity index is 1050. The first-order valence-corrected chi connectivity index (χ1v) is 10.9. The molecule has 4 rings (SSSR count). The monoisotopic (exact) mass is 454 g/mol. The third kappa shape index (κ3) is 6.14. The van der Waals surface area contributed by atoms with E-state index in [9.17, 15) is 9.18 Å². The van der Waals surface area contributed by atoms with Gasteiger partial charge in [0, 0.05) is 36.6 Å². The molecule has 0 saturated carbocycles. The number of carbonyl (C=O) groups excluding carboxylic acids is 1. The van der Waals surface area contributed by atoms with Crippen LogP contribution < -0.4 is 14.8 Å². The van der Waals surface area contributed by atoms with E-state index in [0.717, 1.165) is 24.2 Å². The highest BCUT2D eigenvalue weighted by atomic mass is 35.5. The van der Waals surface area contributed by atoms with Crippen molar-refractivity contribution in [3.8, 4) is 11.5 Å². The van der Waals surface area contributed by atoms with E-state index >= 15 is 0 Å². The van der Waals surface area contributed by atoms with Crippen LogP contribution in [0.4, 0.5) is 14.9 Å². The summed E-state index contributed by atoms with van der Waals surface area (Å²) in [6, 6.07) is 20.7. The first-order chi connectivity index (χ1) is 15.5. The lowest BCUT2D eigenvalue weighted by Crippen LogP contribution is -2.43. The number of urea groups is 1. The van der Waals surface area contributed by atoms with Crippen molar-refractivity contribution in [1.29, 1.82) is 0 Å². The molecule has 1 saturated heterocycles. The number of amides is 2. The van der Waals surface area contributed by atoms with E-state index in [1.807, 2.05) is 36.4 Å². The largest absolute Gasteiger partial charge is 0.490 e. The summed E-state index contributed by atoms with van der Waals surface area (Å²) >= 11 is 5.97. The average molecular weight is 455 g/mol. The molecule has 1 aliphatic rings. The van der Waals surface area contributed by atoms with Gasteiger partial charge in [-0.3, -0.25) is 0 Å². The summed E-state index contributed by atoms with van der Waals surface area (Å²) in [6.07, 6.45) is 1.55. The average Bonchev–Trinajstić information content (AvgIpc) is 2.79. The second-order valence-electron chi connectivity index (χ2n) is 7.63. The number of hydrogen-bond donors (Lipinski definition) is 1. The fourth-order valence-corrected chi connectivity index (χ4v) is 3.74. The quantitative estimate of drug-likeness (QED) is 0.487. The molecule has 166 valence electrons. The maximum atomic E-state index is 13.2. The van der Waals surface area contributed by atoms with Crippen LogP contribution in [0.1, 0.15) is 18.4 Å². The third-order valence-corrected chi connectivity index (χ3v) is 5.46. The summed E-state index contributed by atoms with van der Waals surface area (Å²) in [5, 5.41) is 3.46. The standard InChI is InChI=1S/C25H24ClFN2O3/c26-19-4-2-6-21(16-19)28-25(30)29-13-11-24(12-14-29)32-23-9-7-22(8-10-23)31-17-18-3-1-5-20(27)15-18/h1-10,15-16,24H,11-14,17H2,(H,28,30). The molecular weight excluding hydrogens is 431 g/mol. The summed E-state index contributed by atoms with van der Waals surface area (Å²) in [7, 11) is 0. The van der Waals surface area contributed by atoms with Crippen molar-refractivity contribution < 1.29 is 18.7 Å². The molecule has 3 aromatic carbocycles. The molecule has 3 aromatic rings. The van der Waals surface area contributed by atoms with E-state index in [1.165, 1.54) is 12.1 Å². The lowest BCUT2D eigenvalue weighted by atomic mass is 10.1. The van der Waals surface area contributed by atoms with Crippen molar-refractivity contribution in [3.63, 3.8) is 0 Å². The molecule has 2 amide bonds. The van der Waals surface area contributed by atoms with E-state index in [4.69, 9.17) is 21.1 Å². The van der Waals surface area contributed by atoms with Crippen LogP contribution in [0, 0.1) is 5.82 Å². The van der Waals surface area contributed by atoms with Crippen molar-refractivity contribution in [2.24, 2.45) is 0 Å². The van der Waals surface area contributed by atoms with Crippen molar-refractivity contribution in [3.05, 3.63) is 89.2 Å². The molecule has 1 aliphatic heterocycles. The Balaban J connectivity index is 1.22. The highest BCUT2D eigenvalue weighted by molar-refractivity contribution is 6.30. The van der Waals surface area contributed by atoms with Gasteiger partial charge in [0.1, 0.15) is 30.0 Å². The lowest BCUT2D eigenvalue weighted by molar-refractivity contribution is 0.115. The number of ether oxygens (including phenoxy) is 2. The molecule has 5 nitrogen and oxygen atoms in total. The Morgan fingerprint density at radius 3 is 2.44 bits per heavy atom. The smallest absolute Gasteiger partial charge is 0.321 e. The molecular formula is C25H24ClFN2O3. The van der Waals surface area contributed by atoms with Gasteiger partial charge < -0.3 is 19.7 Å². The zero-order chi connectivity index (χ0) is 22.3. The van der Waals surface area contributed by atoms with Crippen LogP contribution in [0.2, 0.25) is 5.02 Å². The molecule has 1 N–H and O–H groups in total. The Morgan fingerprint density at radius 2 is 1.72 bits per heavy atom. The number of anilines is 1. The Kier molecular flexibility index (Phi) is 7.12. The Hall–Kier alpha value is -3.25. The Labute approximate surface area is 191 Å². The minimum Gasteiger partial charge on any atom is -0.490 e. The number of rotatable bonds is 6. The van der Waals surface area contributed by atoms with Gasteiger partial charge in [0.05, 0.1) is 0 Å². The van der Waals surface area contributed by atoms with Crippen LogP contribution in [-0.2, 0) is 6.61 Å². The molecule has 32 heavy (non-hydrogen) atoms. The van der Waals surface area contributed by atoms with Gasteiger partial charge in [0.15, 0.2) is 0 Å². The van der Waals surface area contributed by atoms with Crippen molar-refractivity contribution >= 4 is 23.3 Å². The Morgan fingerprint density at radius 1 is 1.00 bits per heavy atom. The maximum absolute atomic E-state index is 13.2. The van der Waals surface area contributed by atoms with Gasteiger partial charge in [-0.05, 0) is 60.2 Å². The molecule has 0 radical (unpaired) electrons. The van der Waals surface area contributed by atoms with Gasteiger partial charge in [0.2, 0.25) is 0 Å². The normalized spacial score (nSPS) is 14.1. The number of hydrogen-bond acceptors (Lipinski definition) is 3. The van der Waals surface area contributed by atoms with Crippen molar-refractivity contribution in [1.82, 2.24) is 4.90 Å². The fraction of sp³-hybridized carbons (Fsp3) is 0.240. The fourth-order valence-electron chi connectivity index (χ4n) is 3.55. The SMILES string of the molecule is O=C(Nc1cccc(Cl)c1)N1CCC(Oc2ccc(OCc3cccc(F)c3)cc2)CC1. The van der Waals surface area contributed by atoms with Crippen molar-refractivity contribution in [2.45, 2.75) is 25.6 Å². The summed E-state index contributed by atoms with van der Waals surface area (Å²) in [5.74, 6) is 1.17. The maximum Gasteiger partial charge on any atom is 0.321 e. The van der Waals surface area contributed by atoms with Gasteiger partial charge in [-0.2, -0.15) is 0 Å². The summed E-state index contributed by atoms with van der Waals surface area (Å²) in [6.45, 7) is 1.53. The lowest BCUT2D eigenvalue weighted by Gasteiger charge is -2.32. The molecule has 0 spiro atoms. The highest BCUT2D eigenvalue weighted by Gasteiger charge is 2.24. The number of halogens is 2. The van der Waals surface area contributed by atoms with E-state index < -0.39 is 0 Å². The number of likely N-dealkylation sites (tertiary alicyclic amines) is 1. The molecule has 0 aromatic heterocycles. The molecule has 0 aliphatic carbocycles. The number of nitrogens with one attached hydrogen (secondary N) is 1. The van der Waals surface area contributed by atoms with Gasteiger partial charge in [0.25, 0.3) is 0 Å². The third-order valence-electron chi connectivity index (χ3n) is 5.23.